The second-order valence-corrected chi connectivity index (χ2v) is 7.29. The first-order valence-corrected chi connectivity index (χ1v) is 10.1. The Balaban J connectivity index is 1.16. The van der Waals surface area contributed by atoms with Gasteiger partial charge in [0.2, 0.25) is 11.8 Å². The Morgan fingerprint density at radius 3 is 2.68 bits per heavy atom. The van der Waals surface area contributed by atoms with Gasteiger partial charge in [-0.1, -0.05) is 59.7 Å². The predicted molar refractivity (Wildman–Crippen MR) is 121 cm³/mol. The summed E-state index contributed by atoms with van der Waals surface area (Å²) in [5.41, 5.74) is 2.98. The summed E-state index contributed by atoms with van der Waals surface area (Å²) < 4.78 is 5.68. The Labute approximate surface area is 178 Å². The molecule has 5 rings (SSSR count). The number of amides is 1. The average molecular weight is 411 g/mol. The monoisotopic (exact) mass is 411 g/mol. The Hall–Kier alpha value is -4.13. The lowest BCUT2D eigenvalue weighted by atomic mass is 10.1. The van der Waals surface area contributed by atoms with Gasteiger partial charge in [0.05, 0.1) is 6.42 Å². The fourth-order valence-electron chi connectivity index (χ4n) is 3.67. The molecule has 0 aliphatic rings. The van der Waals surface area contributed by atoms with Gasteiger partial charge < -0.3 is 20.0 Å². The fraction of sp³-hybridized carbons (Fsp3) is 0.125. The van der Waals surface area contributed by atoms with Crippen molar-refractivity contribution in [2.24, 2.45) is 0 Å². The highest BCUT2D eigenvalue weighted by Crippen LogP contribution is 2.23. The number of rotatable bonds is 7. The van der Waals surface area contributed by atoms with Crippen LogP contribution in [0.15, 0.2) is 77.3 Å². The molecule has 0 saturated heterocycles. The van der Waals surface area contributed by atoms with Crippen molar-refractivity contribution in [3.8, 4) is 0 Å². The van der Waals surface area contributed by atoms with Crippen molar-refractivity contribution in [2.45, 2.75) is 12.8 Å². The number of nitrogens with one attached hydrogen (secondary N) is 3. The van der Waals surface area contributed by atoms with Crippen LogP contribution in [-0.4, -0.2) is 27.6 Å². The summed E-state index contributed by atoms with van der Waals surface area (Å²) in [4.78, 5) is 15.6. The Morgan fingerprint density at radius 2 is 1.74 bits per heavy atom. The molecule has 7 nitrogen and oxygen atoms in total. The van der Waals surface area contributed by atoms with Gasteiger partial charge >= 0.3 is 6.01 Å². The molecule has 0 aliphatic carbocycles. The number of benzene rings is 3. The smallest absolute Gasteiger partial charge is 0.315 e. The standard InChI is InChI=1S/C24H21N5O2/c30-22(27-21-11-5-7-16-6-1-2-8-18(16)21)12-13-25-24-29-28-23(31-24)14-17-15-26-20-10-4-3-9-19(17)20/h1-11,15,26H,12-14H2,(H,25,29)(H,27,30). The minimum absolute atomic E-state index is 0.0811. The van der Waals surface area contributed by atoms with Gasteiger partial charge in [-0.2, -0.15) is 0 Å². The summed E-state index contributed by atoms with van der Waals surface area (Å²) in [6.07, 6.45) is 2.78. The minimum Gasteiger partial charge on any atom is -0.408 e. The van der Waals surface area contributed by atoms with Crippen LogP contribution in [0.4, 0.5) is 11.7 Å². The number of hydrogen-bond donors (Lipinski definition) is 3. The summed E-state index contributed by atoms with van der Waals surface area (Å²) in [5, 5.41) is 17.4. The van der Waals surface area contributed by atoms with Crippen LogP contribution in [0.5, 0.6) is 0 Å². The van der Waals surface area contributed by atoms with Crippen LogP contribution >= 0.6 is 0 Å². The third-order valence-corrected chi connectivity index (χ3v) is 5.18. The van der Waals surface area contributed by atoms with Crippen LogP contribution in [-0.2, 0) is 11.2 Å². The Kier molecular flexibility index (Phi) is 5.06. The molecule has 0 saturated carbocycles. The van der Waals surface area contributed by atoms with E-state index in [9.17, 15) is 4.79 Å². The lowest BCUT2D eigenvalue weighted by Gasteiger charge is -2.08. The molecular formula is C24H21N5O2. The van der Waals surface area contributed by atoms with E-state index in [1.165, 1.54) is 0 Å². The first kappa shape index (κ1) is 18.9. The van der Waals surface area contributed by atoms with E-state index in [-0.39, 0.29) is 12.3 Å². The van der Waals surface area contributed by atoms with Crippen molar-refractivity contribution in [3.63, 3.8) is 0 Å². The van der Waals surface area contributed by atoms with Crippen LogP contribution in [0.2, 0.25) is 0 Å². The van der Waals surface area contributed by atoms with Crippen LogP contribution in [0, 0.1) is 0 Å². The third kappa shape index (κ3) is 4.11. The Morgan fingerprint density at radius 1 is 0.935 bits per heavy atom. The molecule has 31 heavy (non-hydrogen) atoms. The quantitative estimate of drug-likeness (QED) is 0.360. The summed E-state index contributed by atoms with van der Waals surface area (Å²) >= 11 is 0. The van der Waals surface area contributed by atoms with E-state index in [0.717, 1.165) is 32.9 Å². The molecule has 5 aromatic rings. The van der Waals surface area contributed by atoms with Gasteiger partial charge in [-0.05, 0) is 23.1 Å². The van der Waals surface area contributed by atoms with Gasteiger partial charge in [0.15, 0.2) is 0 Å². The van der Waals surface area contributed by atoms with Gasteiger partial charge in [0.25, 0.3) is 0 Å². The maximum absolute atomic E-state index is 12.4. The van der Waals surface area contributed by atoms with Crippen LogP contribution in [0.3, 0.4) is 0 Å². The van der Waals surface area contributed by atoms with Crippen molar-refractivity contribution < 1.29 is 9.21 Å². The summed E-state index contributed by atoms with van der Waals surface area (Å²) in [7, 11) is 0. The highest BCUT2D eigenvalue weighted by molar-refractivity contribution is 6.02. The molecule has 7 heteroatoms. The van der Waals surface area contributed by atoms with Gasteiger partial charge in [0, 0.05) is 41.1 Å². The molecule has 0 spiro atoms. The highest BCUT2D eigenvalue weighted by atomic mass is 16.4. The molecule has 0 bridgehead atoms. The number of carbonyl (C=O) groups excluding carboxylic acids is 1. The van der Waals surface area contributed by atoms with E-state index >= 15 is 0 Å². The van der Waals surface area contributed by atoms with Crippen LogP contribution in [0.1, 0.15) is 17.9 Å². The largest absolute Gasteiger partial charge is 0.408 e. The first-order valence-electron chi connectivity index (χ1n) is 10.1. The maximum atomic E-state index is 12.4. The normalized spacial score (nSPS) is 11.1. The molecule has 154 valence electrons. The summed E-state index contributed by atoms with van der Waals surface area (Å²) in [6.45, 7) is 0.394. The fourth-order valence-corrected chi connectivity index (χ4v) is 3.67. The zero-order valence-electron chi connectivity index (χ0n) is 16.8. The second kappa shape index (κ2) is 8.31. The SMILES string of the molecule is O=C(CCNc1nnc(Cc2c[nH]c3ccccc23)o1)Nc1cccc2ccccc12. The number of aromatic nitrogens is 3. The van der Waals surface area contributed by atoms with Crippen molar-refractivity contribution in [3.05, 3.63) is 84.4 Å². The van der Waals surface area contributed by atoms with Gasteiger partial charge in [-0.25, -0.2) is 0 Å². The van der Waals surface area contributed by atoms with Crippen LogP contribution < -0.4 is 10.6 Å². The van der Waals surface area contributed by atoms with Gasteiger partial charge in [-0.15, -0.1) is 5.10 Å². The second-order valence-electron chi connectivity index (χ2n) is 7.29. The van der Waals surface area contributed by atoms with E-state index < -0.39 is 0 Å². The number of H-pyrrole nitrogens is 1. The minimum atomic E-state index is -0.0811. The van der Waals surface area contributed by atoms with E-state index in [0.29, 0.717) is 24.9 Å². The number of para-hydroxylation sites is 1. The number of carbonyl (C=O) groups is 1. The number of aromatic amines is 1. The molecule has 3 aromatic carbocycles. The third-order valence-electron chi connectivity index (χ3n) is 5.18. The van der Waals surface area contributed by atoms with Crippen LogP contribution in [0.25, 0.3) is 21.7 Å². The maximum Gasteiger partial charge on any atom is 0.315 e. The van der Waals surface area contributed by atoms with Crippen molar-refractivity contribution in [2.75, 3.05) is 17.2 Å². The lowest BCUT2D eigenvalue weighted by Crippen LogP contribution is -2.16. The molecule has 1 amide bonds. The molecule has 0 aliphatic heterocycles. The molecular weight excluding hydrogens is 390 g/mol. The predicted octanol–water partition coefficient (Wildman–Crippen LogP) is 4.74. The highest BCUT2D eigenvalue weighted by Gasteiger charge is 2.11. The zero-order valence-corrected chi connectivity index (χ0v) is 16.8. The topological polar surface area (TPSA) is 95.8 Å². The summed E-state index contributed by atoms with van der Waals surface area (Å²) in [6, 6.07) is 22.2. The molecule has 3 N–H and O–H groups in total. The Bertz CT molecular complexity index is 1350. The number of hydrogen-bond acceptors (Lipinski definition) is 5. The lowest BCUT2D eigenvalue weighted by molar-refractivity contribution is -0.115. The van der Waals surface area contributed by atoms with E-state index in [4.69, 9.17) is 4.42 Å². The summed E-state index contributed by atoms with van der Waals surface area (Å²) in [5.74, 6) is 0.440. The molecule has 0 fully saturated rings. The van der Waals surface area contributed by atoms with Gasteiger partial charge in [-0.3, -0.25) is 4.79 Å². The molecule has 0 atom stereocenters. The molecule has 0 unspecified atom stereocenters. The van der Waals surface area contributed by atoms with Crippen molar-refractivity contribution in [1.82, 2.24) is 15.2 Å². The van der Waals surface area contributed by atoms with E-state index in [2.05, 4.69) is 31.9 Å². The van der Waals surface area contributed by atoms with Gasteiger partial charge in [0.1, 0.15) is 0 Å². The number of anilines is 2. The van der Waals surface area contributed by atoms with Crippen molar-refractivity contribution in [1.29, 1.82) is 0 Å². The average Bonchev–Trinajstić information content (AvgIpc) is 3.41. The van der Waals surface area contributed by atoms with Crippen molar-refractivity contribution >= 4 is 39.3 Å². The number of nitrogens with zero attached hydrogens (tertiary/aromatic N) is 2. The molecule has 2 heterocycles. The van der Waals surface area contributed by atoms with E-state index in [1.807, 2.05) is 66.9 Å². The molecule has 0 radical (unpaired) electrons. The van der Waals surface area contributed by atoms with E-state index in [1.54, 1.807) is 0 Å². The first-order chi connectivity index (χ1) is 15.3. The zero-order chi connectivity index (χ0) is 21.0. The molecule has 2 aromatic heterocycles. The number of fused-ring (bicyclic) bond motifs is 2.